The molecule has 0 radical (unpaired) electrons. The van der Waals surface area contributed by atoms with E-state index in [-0.39, 0.29) is 9.79 Å². The van der Waals surface area contributed by atoms with Crippen molar-refractivity contribution in [2.24, 2.45) is 0 Å². The van der Waals surface area contributed by atoms with E-state index in [2.05, 4.69) is 9.88 Å². The van der Waals surface area contributed by atoms with Crippen LogP contribution >= 0.6 is 11.6 Å². The predicted molar refractivity (Wildman–Crippen MR) is 111 cm³/mol. The lowest BCUT2D eigenvalue weighted by Gasteiger charge is -2.31. The first-order valence-corrected chi connectivity index (χ1v) is 11.0. The van der Waals surface area contributed by atoms with Crippen LogP contribution in [0.5, 0.6) is 0 Å². The van der Waals surface area contributed by atoms with Gasteiger partial charge in [-0.3, -0.25) is 4.98 Å². The Hall–Kier alpha value is -2.15. The fraction of sp³-hybridized carbons (Fsp3) is 0.286. The summed E-state index contributed by atoms with van der Waals surface area (Å²) < 4.78 is 32.6. The first-order chi connectivity index (χ1) is 13.4. The molecule has 0 saturated carbocycles. The molecule has 28 heavy (non-hydrogen) atoms. The maximum absolute atomic E-state index is 13.5. The number of hydrogen-bond acceptors (Lipinski definition) is 5. The van der Waals surface area contributed by atoms with Crippen LogP contribution in [-0.4, -0.2) is 39.7 Å². The topological polar surface area (TPSA) is 59.5 Å². The number of aromatic nitrogens is 1. The van der Waals surface area contributed by atoms with E-state index < -0.39 is 9.84 Å². The standard InChI is InChI=1S/C21H21ClN2O3S/c1-14-3-5-17(11-15(14)2)28(25,26)20-13-23-19-12-16(22)4-6-18(19)21(20)24-7-9-27-10-8-24/h3-6,11-13H,7-10H2,1-2H3. The monoisotopic (exact) mass is 416 g/mol. The minimum Gasteiger partial charge on any atom is -0.378 e. The maximum atomic E-state index is 13.5. The van der Waals surface area contributed by atoms with Gasteiger partial charge in [0.25, 0.3) is 0 Å². The summed E-state index contributed by atoms with van der Waals surface area (Å²) >= 11 is 6.12. The molecule has 1 fully saturated rings. The molecular formula is C21H21ClN2O3S. The summed E-state index contributed by atoms with van der Waals surface area (Å²) in [6.07, 6.45) is 1.45. The Bertz CT molecular complexity index is 1160. The predicted octanol–water partition coefficient (Wildman–Crippen LogP) is 4.17. The van der Waals surface area contributed by atoms with Crippen LogP contribution in [-0.2, 0) is 14.6 Å². The lowest BCUT2D eigenvalue weighted by molar-refractivity contribution is 0.122. The van der Waals surface area contributed by atoms with Gasteiger partial charge in [-0.2, -0.15) is 0 Å². The zero-order valence-corrected chi connectivity index (χ0v) is 17.3. The van der Waals surface area contributed by atoms with Gasteiger partial charge in [0.15, 0.2) is 0 Å². The van der Waals surface area contributed by atoms with Gasteiger partial charge >= 0.3 is 0 Å². The van der Waals surface area contributed by atoms with Gasteiger partial charge < -0.3 is 9.64 Å². The fourth-order valence-corrected chi connectivity index (χ4v) is 5.14. The Kier molecular flexibility index (Phi) is 5.04. The van der Waals surface area contributed by atoms with E-state index >= 15 is 0 Å². The van der Waals surface area contributed by atoms with E-state index in [0.717, 1.165) is 16.5 Å². The highest BCUT2D eigenvalue weighted by Crippen LogP contribution is 2.37. The summed E-state index contributed by atoms with van der Waals surface area (Å²) in [6, 6.07) is 10.6. The molecule has 2 heterocycles. The third-order valence-electron chi connectivity index (χ3n) is 5.17. The van der Waals surface area contributed by atoms with Crippen molar-refractivity contribution in [3.8, 4) is 0 Å². The second kappa shape index (κ2) is 7.35. The van der Waals surface area contributed by atoms with Crippen molar-refractivity contribution in [2.75, 3.05) is 31.2 Å². The second-order valence-electron chi connectivity index (χ2n) is 6.98. The number of benzene rings is 2. The molecule has 0 spiro atoms. The fourth-order valence-electron chi connectivity index (χ4n) is 3.45. The van der Waals surface area contributed by atoms with Crippen LogP contribution in [0.15, 0.2) is 52.4 Å². The Labute approximate surface area is 169 Å². The molecule has 0 bridgehead atoms. The third-order valence-corrected chi connectivity index (χ3v) is 7.16. The largest absolute Gasteiger partial charge is 0.378 e. The molecular weight excluding hydrogens is 396 g/mol. The third kappa shape index (κ3) is 3.36. The molecule has 1 saturated heterocycles. The van der Waals surface area contributed by atoms with Gasteiger partial charge in [-0.05, 0) is 55.3 Å². The number of halogens is 1. The average Bonchev–Trinajstić information content (AvgIpc) is 2.69. The average molecular weight is 417 g/mol. The van der Waals surface area contributed by atoms with Crippen LogP contribution in [0.1, 0.15) is 11.1 Å². The number of pyridine rings is 1. The van der Waals surface area contributed by atoms with Gasteiger partial charge in [-0.25, -0.2) is 8.42 Å². The van der Waals surface area contributed by atoms with Crippen molar-refractivity contribution in [1.29, 1.82) is 0 Å². The maximum Gasteiger partial charge on any atom is 0.210 e. The highest BCUT2D eigenvalue weighted by molar-refractivity contribution is 7.91. The van der Waals surface area contributed by atoms with Crippen molar-refractivity contribution in [1.82, 2.24) is 4.98 Å². The van der Waals surface area contributed by atoms with Gasteiger partial charge in [-0.15, -0.1) is 0 Å². The number of fused-ring (bicyclic) bond motifs is 1. The van der Waals surface area contributed by atoms with E-state index in [1.165, 1.54) is 6.20 Å². The lowest BCUT2D eigenvalue weighted by Crippen LogP contribution is -2.37. The van der Waals surface area contributed by atoms with Crippen LogP contribution < -0.4 is 4.90 Å². The summed E-state index contributed by atoms with van der Waals surface area (Å²) in [6.45, 7) is 6.24. The lowest BCUT2D eigenvalue weighted by atomic mass is 10.1. The zero-order valence-electron chi connectivity index (χ0n) is 15.8. The first-order valence-electron chi connectivity index (χ1n) is 9.11. The van der Waals surface area contributed by atoms with Crippen molar-refractivity contribution < 1.29 is 13.2 Å². The number of rotatable bonds is 3. The van der Waals surface area contributed by atoms with Crippen LogP contribution in [0.3, 0.4) is 0 Å². The SMILES string of the molecule is Cc1ccc(S(=O)(=O)c2cnc3cc(Cl)ccc3c2N2CCOCC2)cc1C. The number of ether oxygens (including phenoxy) is 1. The molecule has 2 aromatic carbocycles. The highest BCUT2D eigenvalue weighted by atomic mass is 35.5. The molecule has 1 aliphatic heterocycles. The van der Waals surface area contributed by atoms with Crippen LogP contribution in [0, 0.1) is 13.8 Å². The van der Waals surface area contributed by atoms with Crippen molar-refractivity contribution in [3.05, 3.63) is 58.7 Å². The molecule has 0 unspecified atom stereocenters. The molecule has 0 amide bonds. The van der Waals surface area contributed by atoms with E-state index in [4.69, 9.17) is 16.3 Å². The van der Waals surface area contributed by atoms with Gasteiger partial charge in [0, 0.05) is 29.7 Å². The summed E-state index contributed by atoms with van der Waals surface area (Å²) in [7, 11) is -3.74. The van der Waals surface area contributed by atoms with E-state index in [1.54, 1.807) is 24.3 Å². The summed E-state index contributed by atoms with van der Waals surface area (Å²) in [5.74, 6) is 0. The number of hydrogen-bond donors (Lipinski definition) is 0. The van der Waals surface area contributed by atoms with Gasteiger partial charge in [0.1, 0.15) is 4.90 Å². The molecule has 4 rings (SSSR count). The normalized spacial score (nSPS) is 15.2. The first kappa shape index (κ1) is 19.2. The second-order valence-corrected chi connectivity index (χ2v) is 9.34. The molecule has 1 aliphatic rings. The Balaban J connectivity index is 1.97. The molecule has 146 valence electrons. The van der Waals surface area contributed by atoms with Crippen LogP contribution in [0.25, 0.3) is 10.9 Å². The molecule has 5 nitrogen and oxygen atoms in total. The van der Waals surface area contributed by atoms with E-state index in [0.29, 0.717) is 42.5 Å². The Morgan fingerprint density at radius 1 is 1.04 bits per heavy atom. The number of morpholine rings is 1. The Morgan fingerprint density at radius 3 is 2.50 bits per heavy atom. The highest BCUT2D eigenvalue weighted by Gasteiger charge is 2.28. The van der Waals surface area contributed by atoms with Gasteiger partial charge in [-0.1, -0.05) is 17.7 Å². The van der Waals surface area contributed by atoms with Crippen LogP contribution in [0.4, 0.5) is 5.69 Å². The molecule has 0 N–H and O–H groups in total. The van der Waals surface area contributed by atoms with Crippen LogP contribution in [0.2, 0.25) is 5.02 Å². The number of anilines is 1. The molecule has 3 aromatic rings. The summed E-state index contributed by atoms with van der Waals surface area (Å²) in [5, 5.41) is 1.34. The van der Waals surface area contributed by atoms with Crippen molar-refractivity contribution in [3.63, 3.8) is 0 Å². The number of nitrogens with zero attached hydrogens (tertiary/aromatic N) is 2. The molecule has 0 atom stereocenters. The van der Waals surface area contributed by atoms with Gasteiger partial charge in [0.05, 0.1) is 29.3 Å². The molecule has 1 aromatic heterocycles. The minimum atomic E-state index is -3.74. The number of sulfone groups is 1. The van der Waals surface area contributed by atoms with E-state index in [9.17, 15) is 8.42 Å². The van der Waals surface area contributed by atoms with Gasteiger partial charge in [0.2, 0.25) is 9.84 Å². The quantitative estimate of drug-likeness (QED) is 0.641. The summed E-state index contributed by atoms with van der Waals surface area (Å²) in [4.78, 5) is 6.97. The number of aryl methyl sites for hydroxylation is 2. The minimum absolute atomic E-state index is 0.215. The molecule has 7 heteroatoms. The molecule has 0 aliphatic carbocycles. The zero-order chi connectivity index (χ0) is 19.9. The smallest absolute Gasteiger partial charge is 0.210 e. The summed E-state index contributed by atoms with van der Waals surface area (Å²) in [5.41, 5.74) is 3.34. The Morgan fingerprint density at radius 2 is 1.79 bits per heavy atom. The van der Waals surface area contributed by atoms with Crippen molar-refractivity contribution >= 4 is 38.0 Å². The van der Waals surface area contributed by atoms with Crippen molar-refractivity contribution in [2.45, 2.75) is 23.6 Å². The van der Waals surface area contributed by atoms with E-state index in [1.807, 2.05) is 26.0 Å².